The highest BCUT2D eigenvalue weighted by Gasteiger charge is 2.25. The number of hydrogen-bond acceptors (Lipinski definition) is 22. The second-order valence-corrected chi connectivity index (χ2v) is 16.4. The van der Waals surface area contributed by atoms with Crippen molar-refractivity contribution >= 4 is 12.1 Å². The number of aromatic carboxylic acids is 1. The molecule has 1 amide bonds. The molecule has 1 aromatic carbocycles. The third-order valence-electron chi connectivity index (χ3n) is 9.01. The van der Waals surface area contributed by atoms with Crippen LogP contribution in [0.4, 0.5) is 4.79 Å². The summed E-state index contributed by atoms with van der Waals surface area (Å²) in [4.78, 5) is 25.1. The van der Waals surface area contributed by atoms with Gasteiger partial charge >= 0.3 is 12.1 Å². The van der Waals surface area contributed by atoms with Gasteiger partial charge in [0.2, 0.25) is 5.75 Å². The molecule has 73 heavy (non-hydrogen) atoms. The van der Waals surface area contributed by atoms with Crippen molar-refractivity contribution in [2.75, 3.05) is 227 Å². The van der Waals surface area contributed by atoms with E-state index in [0.717, 1.165) is 0 Å². The largest absolute Gasteiger partial charge is 0.486 e. The zero-order valence-electron chi connectivity index (χ0n) is 44.7. The minimum Gasteiger partial charge on any atom is -0.486 e. The molecule has 2 N–H and O–H groups in total. The van der Waals surface area contributed by atoms with E-state index >= 15 is 0 Å². The molecule has 24 nitrogen and oxygen atoms in total. The van der Waals surface area contributed by atoms with E-state index in [0.29, 0.717) is 112 Å². The summed E-state index contributed by atoms with van der Waals surface area (Å²) in [5.74, 6) is -1.11. The fourth-order valence-corrected chi connectivity index (χ4v) is 5.55. The summed E-state index contributed by atoms with van der Waals surface area (Å²) in [6.45, 7) is 14.4. The highest BCUT2D eigenvalue weighted by Crippen LogP contribution is 2.40. The smallest absolute Gasteiger partial charge is 0.407 e. The van der Waals surface area contributed by atoms with Crippen LogP contribution in [-0.4, -0.2) is 262 Å². The second kappa shape index (κ2) is 48.4. The minimum atomic E-state index is -1.26. The van der Waals surface area contributed by atoms with Crippen molar-refractivity contribution in [3.63, 3.8) is 0 Å². The molecule has 0 saturated carbocycles. The summed E-state index contributed by atoms with van der Waals surface area (Å²) in [6, 6.07) is 2.68. The molecule has 0 fully saturated rings. The predicted octanol–water partition coefficient (Wildman–Crippen LogP) is 2.96. The second-order valence-electron chi connectivity index (χ2n) is 16.4. The quantitative estimate of drug-likeness (QED) is 0.0890. The summed E-state index contributed by atoms with van der Waals surface area (Å²) in [5, 5.41) is 13.1. The van der Waals surface area contributed by atoms with E-state index in [1.165, 1.54) is 12.1 Å². The van der Waals surface area contributed by atoms with E-state index in [4.69, 9.17) is 94.7 Å². The van der Waals surface area contributed by atoms with Crippen LogP contribution in [0, 0.1) is 0 Å². The summed E-state index contributed by atoms with van der Waals surface area (Å²) < 4.78 is 113. The number of carbonyl (C=O) groups excluding carboxylic acids is 1. The zero-order valence-corrected chi connectivity index (χ0v) is 44.7. The van der Waals surface area contributed by atoms with Gasteiger partial charge in [-0.25, -0.2) is 9.59 Å². The molecule has 24 heteroatoms. The van der Waals surface area contributed by atoms with Crippen molar-refractivity contribution in [2.45, 2.75) is 45.0 Å². The molecular weight excluding hydrogens is 971 g/mol. The van der Waals surface area contributed by atoms with Crippen molar-refractivity contribution < 1.29 is 109 Å². The third kappa shape index (κ3) is 41.6. The molecule has 428 valence electrons. The third-order valence-corrected chi connectivity index (χ3v) is 9.01. The Morgan fingerprint density at radius 3 is 1.01 bits per heavy atom. The zero-order chi connectivity index (χ0) is 53.3. The van der Waals surface area contributed by atoms with Gasteiger partial charge in [-0.15, -0.1) is 0 Å². The van der Waals surface area contributed by atoms with Crippen LogP contribution in [0.15, 0.2) is 12.1 Å². The Balaban J connectivity index is 3.37. The van der Waals surface area contributed by atoms with Crippen LogP contribution in [0.1, 0.15) is 37.6 Å². The molecule has 0 saturated heterocycles. The number of methoxy groups -OCH3 is 4. The van der Waals surface area contributed by atoms with Crippen LogP contribution in [0.5, 0.6) is 17.2 Å². The number of ether oxygens (including phenoxy) is 20. The van der Waals surface area contributed by atoms with Gasteiger partial charge in [0, 0.05) is 35.0 Å². The minimum absolute atomic E-state index is 0.0155. The molecule has 0 atom stereocenters. The molecular formula is C49H89NO23. The van der Waals surface area contributed by atoms with E-state index in [9.17, 15) is 14.7 Å². The van der Waals surface area contributed by atoms with E-state index in [2.05, 4.69) is 5.32 Å². The van der Waals surface area contributed by atoms with Gasteiger partial charge < -0.3 is 105 Å². The molecule has 0 heterocycles. The molecule has 0 radical (unpaired) electrons. The van der Waals surface area contributed by atoms with Crippen molar-refractivity contribution in [1.82, 2.24) is 5.32 Å². The van der Waals surface area contributed by atoms with Gasteiger partial charge in [0.05, 0.1) is 197 Å². The van der Waals surface area contributed by atoms with Gasteiger partial charge in [0.25, 0.3) is 0 Å². The van der Waals surface area contributed by atoms with Crippen molar-refractivity contribution in [3.8, 4) is 17.2 Å². The maximum absolute atomic E-state index is 12.7. The van der Waals surface area contributed by atoms with Gasteiger partial charge in [-0.3, -0.25) is 0 Å². The molecule has 1 rings (SSSR count). The van der Waals surface area contributed by atoms with Crippen LogP contribution in [0.2, 0.25) is 0 Å². The van der Waals surface area contributed by atoms with Crippen molar-refractivity contribution in [2.24, 2.45) is 0 Å². The lowest BCUT2D eigenvalue weighted by atomic mass is 10.1. The fraction of sp³-hybridized carbons (Fsp3) is 0.837. The number of carboxylic acids is 1. The molecule has 0 unspecified atom stereocenters. The van der Waals surface area contributed by atoms with Crippen LogP contribution in [-0.2, 0) is 80.5 Å². The first-order valence-electron chi connectivity index (χ1n) is 24.8. The molecule has 0 aliphatic carbocycles. The van der Waals surface area contributed by atoms with Crippen LogP contribution < -0.4 is 19.5 Å². The van der Waals surface area contributed by atoms with Crippen LogP contribution in [0.3, 0.4) is 0 Å². The average molecular weight is 1060 g/mol. The molecule has 0 aliphatic heterocycles. The van der Waals surface area contributed by atoms with Crippen LogP contribution >= 0.6 is 0 Å². The maximum Gasteiger partial charge on any atom is 0.407 e. The lowest BCUT2D eigenvalue weighted by Crippen LogP contribution is -2.33. The summed E-state index contributed by atoms with van der Waals surface area (Å²) >= 11 is 0. The topological polar surface area (TPSA) is 251 Å². The number of rotatable bonds is 54. The molecule has 1 aromatic rings. The first-order chi connectivity index (χ1) is 35.5. The molecule has 0 aromatic heterocycles. The van der Waals surface area contributed by atoms with Crippen molar-refractivity contribution in [1.29, 1.82) is 0 Å². The van der Waals surface area contributed by atoms with Crippen molar-refractivity contribution in [3.05, 3.63) is 17.7 Å². The number of benzene rings is 1. The summed E-state index contributed by atoms with van der Waals surface area (Å²) in [6.07, 6.45) is -1.84. The Labute approximate surface area is 432 Å². The Kier molecular flexibility index (Phi) is 44.9. The Morgan fingerprint density at radius 1 is 0.452 bits per heavy atom. The summed E-state index contributed by atoms with van der Waals surface area (Å²) in [7, 11) is 6.41. The van der Waals surface area contributed by atoms with E-state index < -0.39 is 29.9 Å². The van der Waals surface area contributed by atoms with Gasteiger partial charge in [0.1, 0.15) is 17.8 Å². The molecule has 0 bridgehead atoms. The van der Waals surface area contributed by atoms with Gasteiger partial charge in [-0.05, 0) is 39.3 Å². The number of amides is 1. The number of carboxylic acid groups (broad SMARTS) is 1. The Hall–Kier alpha value is -3.28. The highest BCUT2D eigenvalue weighted by atomic mass is 16.6. The first kappa shape index (κ1) is 67.7. The number of alkyl carbamates (subject to hydrolysis) is 1. The SMILES string of the molecule is COCCOCCOCCOCC(COCCOCCOCCOC)Oc1cc(C(=O)O)cc(OC(COCCOCCOCCOC)COCCOCCOCCOC)c1OCCCNC(=O)OC(C)(C)C. The Morgan fingerprint density at radius 2 is 0.740 bits per heavy atom. The number of hydrogen-bond donors (Lipinski definition) is 2. The van der Waals surface area contributed by atoms with E-state index in [-0.39, 0.29) is 115 Å². The monoisotopic (exact) mass is 1060 g/mol. The van der Waals surface area contributed by atoms with E-state index in [1.54, 1.807) is 49.2 Å². The summed E-state index contributed by atoms with van der Waals surface area (Å²) in [5.41, 5.74) is -0.843. The van der Waals surface area contributed by atoms with Gasteiger partial charge in [-0.2, -0.15) is 0 Å². The number of nitrogens with one attached hydrogen (secondary N) is 1. The molecule has 0 aliphatic rings. The highest BCUT2D eigenvalue weighted by molar-refractivity contribution is 5.89. The lowest BCUT2D eigenvalue weighted by Gasteiger charge is -2.25. The average Bonchev–Trinajstić information content (AvgIpc) is 3.35. The van der Waals surface area contributed by atoms with Gasteiger partial charge in [0.15, 0.2) is 11.5 Å². The standard InChI is InChI=1S/C49H89NO23/c1-49(2,3)73-48(53)50-9-8-10-70-46-44(71-42(37-66-31-27-62-23-19-58-15-11-54-4)38-67-32-28-63-24-20-59-16-12-55-5)35-41(47(51)52)36-45(46)72-43(39-68-33-29-64-25-21-60-17-13-56-6)40-69-34-30-65-26-22-61-18-14-57-7/h35-36,42-43H,8-34,37-40H2,1-7H3,(H,50,53)(H,51,52). The lowest BCUT2D eigenvalue weighted by molar-refractivity contribution is -0.0434. The maximum atomic E-state index is 12.7. The first-order valence-corrected chi connectivity index (χ1v) is 24.8. The molecule has 0 spiro atoms. The Bertz CT molecular complexity index is 1300. The normalized spacial score (nSPS) is 11.7. The van der Waals surface area contributed by atoms with E-state index in [1.807, 2.05) is 0 Å². The predicted molar refractivity (Wildman–Crippen MR) is 264 cm³/mol. The fourth-order valence-electron chi connectivity index (χ4n) is 5.55. The van der Waals surface area contributed by atoms with Crippen LogP contribution in [0.25, 0.3) is 0 Å². The number of carbonyl (C=O) groups is 2. The van der Waals surface area contributed by atoms with Gasteiger partial charge in [-0.1, -0.05) is 0 Å².